The van der Waals surface area contributed by atoms with Gasteiger partial charge in [0, 0.05) is 12.8 Å². The van der Waals surface area contributed by atoms with Crippen molar-refractivity contribution in [1.29, 1.82) is 0 Å². The summed E-state index contributed by atoms with van der Waals surface area (Å²) < 4.78 is 4.99. The Morgan fingerprint density at radius 3 is 1.00 bits per heavy atom. The molecule has 45 heavy (non-hydrogen) atoms. The number of hydrogen-bond acceptors (Lipinski definition) is 6. The van der Waals surface area contributed by atoms with Crippen molar-refractivity contribution in [2.24, 2.45) is 0 Å². The van der Waals surface area contributed by atoms with Gasteiger partial charge in [0.25, 0.3) is 0 Å². The van der Waals surface area contributed by atoms with Gasteiger partial charge in [-0.1, -0.05) is 141 Å². The second kappa shape index (κ2) is 40.5. The van der Waals surface area contributed by atoms with Gasteiger partial charge in [-0.25, -0.2) is 0 Å². The molecule has 266 valence electrons. The van der Waals surface area contributed by atoms with Crippen molar-refractivity contribution in [3.63, 3.8) is 0 Å². The maximum Gasteiger partial charge on any atom is 0.313 e. The van der Waals surface area contributed by atoms with Crippen LogP contribution in [0.1, 0.15) is 194 Å². The molecule has 3 N–H and O–H groups in total. The zero-order valence-electron chi connectivity index (χ0n) is 29.7. The van der Waals surface area contributed by atoms with Gasteiger partial charge < -0.3 is 20.1 Å². The molecule has 6 nitrogen and oxygen atoms in total. The van der Waals surface area contributed by atoms with Crippen molar-refractivity contribution < 1.29 is 29.6 Å². The lowest BCUT2D eigenvalue weighted by atomic mass is 10.1. The van der Waals surface area contributed by atoms with Crippen LogP contribution < -0.4 is 0 Å². The van der Waals surface area contributed by atoms with Gasteiger partial charge in [0.1, 0.15) is 6.10 Å². The van der Waals surface area contributed by atoms with Crippen LogP contribution in [-0.4, -0.2) is 46.6 Å². The summed E-state index contributed by atoms with van der Waals surface area (Å²) in [6, 6.07) is 0. The van der Waals surface area contributed by atoms with Crippen LogP contribution in [0.5, 0.6) is 0 Å². The van der Waals surface area contributed by atoms with E-state index in [0.717, 1.165) is 38.5 Å². The van der Waals surface area contributed by atoms with E-state index >= 15 is 0 Å². The molecule has 0 aliphatic rings. The minimum atomic E-state index is -0.954. The van der Waals surface area contributed by atoms with Crippen LogP contribution in [0.4, 0.5) is 0 Å². The van der Waals surface area contributed by atoms with Gasteiger partial charge in [0.2, 0.25) is 0 Å². The highest BCUT2D eigenvalue weighted by Crippen LogP contribution is 2.12. The smallest absolute Gasteiger partial charge is 0.313 e. The highest BCUT2D eigenvalue weighted by atomic mass is 16.6. The Morgan fingerprint density at radius 2 is 0.733 bits per heavy atom. The summed E-state index contributed by atoms with van der Waals surface area (Å²) in [4.78, 5) is 23.8. The average molecular weight is 639 g/mol. The van der Waals surface area contributed by atoms with Crippen LogP contribution >= 0.6 is 0 Å². The number of rotatable bonds is 32. The third-order valence-electron chi connectivity index (χ3n) is 7.93. The van der Waals surface area contributed by atoms with Gasteiger partial charge in [-0.2, -0.15) is 0 Å². The quantitative estimate of drug-likeness (QED) is 0.0293. The molecule has 0 aliphatic heterocycles. The zero-order chi connectivity index (χ0) is 33.5. The number of hydrogen-bond donors (Lipinski definition) is 3. The Labute approximate surface area is 278 Å². The summed E-state index contributed by atoms with van der Waals surface area (Å²) >= 11 is 0. The van der Waals surface area contributed by atoms with E-state index < -0.39 is 6.10 Å². The number of unbranched alkanes of at least 4 members (excludes halogenated alkanes) is 22. The van der Waals surface area contributed by atoms with E-state index in [0.29, 0.717) is 12.8 Å². The first-order valence-electron chi connectivity index (χ1n) is 18.9. The number of esters is 2. The molecule has 0 radical (unpaired) electrons. The summed E-state index contributed by atoms with van der Waals surface area (Å²) in [7, 11) is 0. The Morgan fingerprint density at radius 1 is 0.467 bits per heavy atom. The van der Waals surface area contributed by atoms with E-state index in [1.807, 2.05) is 0 Å². The van der Waals surface area contributed by atoms with E-state index in [1.54, 1.807) is 0 Å². The molecule has 0 saturated heterocycles. The van der Waals surface area contributed by atoms with Crippen molar-refractivity contribution in [2.75, 3.05) is 13.2 Å². The molecule has 0 aromatic carbocycles. The second-order valence-electron chi connectivity index (χ2n) is 12.5. The molecule has 0 rings (SSSR count). The van der Waals surface area contributed by atoms with Crippen molar-refractivity contribution in [3.8, 4) is 0 Å². The molecule has 0 bridgehead atoms. The molecule has 0 unspecified atom stereocenters. The number of ether oxygens (including phenoxy) is 1. The van der Waals surface area contributed by atoms with E-state index in [1.165, 1.54) is 128 Å². The first-order valence-corrected chi connectivity index (χ1v) is 18.9. The maximum absolute atomic E-state index is 11.9. The lowest BCUT2D eigenvalue weighted by molar-refractivity contribution is -0.159. The van der Waals surface area contributed by atoms with Gasteiger partial charge in [0.05, 0.1) is 13.2 Å². The predicted molar refractivity (Wildman–Crippen MR) is 190 cm³/mol. The van der Waals surface area contributed by atoms with Gasteiger partial charge >= 0.3 is 11.9 Å². The molecule has 0 heterocycles. The van der Waals surface area contributed by atoms with Crippen molar-refractivity contribution >= 4 is 11.9 Å². The Balaban J connectivity index is 0. The molecule has 0 aliphatic carbocycles. The Hall–Kier alpha value is -1.50. The molecule has 0 spiro atoms. The van der Waals surface area contributed by atoms with E-state index in [2.05, 4.69) is 38.2 Å². The highest BCUT2D eigenvalue weighted by molar-refractivity contribution is 5.85. The normalized spacial score (nSPS) is 11.4. The average Bonchev–Trinajstić information content (AvgIpc) is 3.04. The monoisotopic (exact) mass is 639 g/mol. The van der Waals surface area contributed by atoms with Crippen LogP contribution in [0, 0.1) is 0 Å². The summed E-state index contributed by atoms with van der Waals surface area (Å²) in [6.45, 7) is 3.80. The first kappa shape index (κ1) is 45.6. The minimum Gasteiger partial charge on any atom is -0.394 e. The van der Waals surface area contributed by atoms with Crippen molar-refractivity contribution in [3.05, 3.63) is 24.3 Å². The standard InChI is InChI=1S/C36H66O3.C3H8O3/c1-3-5-7-9-11-13-15-17-19-21-23-25-27-29-31-33-35(37)39-36(38)34-32-30-28-26-24-22-20-18-16-14-12-10-8-6-4-2;4-1-3(6)2-5/h17-20H,3-16,21-34H2,1-2H3;3-6H,1-2H2/b19-17-,20-18?;. The molecule has 6 heteroatoms. The lowest BCUT2D eigenvalue weighted by Crippen LogP contribution is -2.15. The van der Waals surface area contributed by atoms with Crippen LogP contribution in [-0.2, 0) is 14.3 Å². The SMILES string of the molecule is CCCCCCCCC=CCCCCCCCC(=O)OC(=O)CCCCCCC/C=C\CCCCCCCC.OCC(O)CO. The fourth-order valence-corrected chi connectivity index (χ4v) is 4.97. The number of carbonyl (C=O) groups is 2. The molecular weight excluding hydrogens is 564 g/mol. The van der Waals surface area contributed by atoms with Crippen LogP contribution in [0.15, 0.2) is 24.3 Å². The van der Waals surface area contributed by atoms with Crippen LogP contribution in [0.25, 0.3) is 0 Å². The molecule has 0 saturated carbocycles. The van der Waals surface area contributed by atoms with Gasteiger partial charge in [0.15, 0.2) is 0 Å². The lowest BCUT2D eigenvalue weighted by Gasteiger charge is -2.04. The molecule has 0 aromatic rings. The molecule has 0 atom stereocenters. The number of aliphatic hydroxyl groups excluding tert-OH is 3. The Kier molecular flexibility index (Phi) is 41.1. The van der Waals surface area contributed by atoms with Gasteiger partial charge in [-0.05, 0) is 64.2 Å². The summed E-state index contributed by atoms with van der Waals surface area (Å²) in [5, 5.41) is 24.0. The van der Waals surface area contributed by atoms with Crippen LogP contribution in [0.3, 0.4) is 0 Å². The fraction of sp³-hybridized carbons (Fsp3) is 0.846. The van der Waals surface area contributed by atoms with E-state index in [-0.39, 0.29) is 25.2 Å². The summed E-state index contributed by atoms with van der Waals surface area (Å²) in [5.41, 5.74) is 0. The first-order chi connectivity index (χ1) is 22.0. The molecule has 0 aromatic heterocycles. The fourth-order valence-electron chi connectivity index (χ4n) is 4.97. The zero-order valence-corrected chi connectivity index (χ0v) is 29.7. The summed E-state index contributed by atoms with van der Waals surface area (Å²) in [5.74, 6) is -0.684. The van der Waals surface area contributed by atoms with Gasteiger partial charge in [-0.3, -0.25) is 9.59 Å². The second-order valence-corrected chi connectivity index (χ2v) is 12.5. The molecule has 0 fully saturated rings. The van der Waals surface area contributed by atoms with Crippen molar-refractivity contribution in [1.82, 2.24) is 0 Å². The summed E-state index contributed by atoms with van der Waals surface area (Å²) in [6.07, 6.45) is 41.3. The largest absolute Gasteiger partial charge is 0.394 e. The Bertz CT molecular complexity index is 606. The van der Waals surface area contributed by atoms with E-state index in [9.17, 15) is 9.59 Å². The van der Waals surface area contributed by atoms with Crippen molar-refractivity contribution in [2.45, 2.75) is 200 Å². The third-order valence-corrected chi connectivity index (χ3v) is 7.93. The topological polar surface area (TPSA) is 104 Å². The number of allylic oxidation sites excluding steroid dienone is 4. The number of carbonyl (C=O) groups excluding carboxylic acids is 2. The molecule has 0 amide bonds. The van der Waals surface area contributed by atoms with Crippen LogP contribution in [0.2, 0.25) is 0 Å². The maximum atomic E-state index is 11.9. The molecular formula is C39H74O6. The third kappa shape index (κ3) is 42.5. The minimum absolute atomic E-state index is 0.342. The van der Waals surface area contributed by atoms with E-state index in [4.69, 9.17) is 20.1 Å². The predicted octanol–water partition coefficient (Wildman–Crippen LogP) is 10.5. The van der Waals surface area contributed by atoms with Gasteiger partial charge in [-0.15, -0.1) is 0 Å². The highest BCUT2D eigenvalue weighted by Gasteiger charge is 2.09. The number of aliphatic hydroxyl groups is 3.